The van der Waals surface area contributed by atoms with E-state index in [1.54, 1.807) is 12.4 Å². The van der Waals surface area contributed by atoms with Gasteiger partial charge in [0, 0.05) is 38.4 Å². The first kappa shape index (κ1) is 23.4. The topological polar surface area (TPSA) is 96.8 Å². The Morgan fingerprint density at radius 2 is 1.56 bits per heavy atom. The van der Waals surface area contributed by atoms with Gasteiger partial charge in [0.15, 0.2) is 0 Å². The van der Waals surface area contributed by atoms with E-state index < -0.39 is 6.09 Å². The molecule has 4 rings (SSSR count). The predicted octanol–water partition coefficient (Wildman–Crippen LogP) is 4.84. The second-order valence-electron chi connectivity index (χ2n) is 9.24. The van der Waals surface area contributed by atoms with Gasteiger partial charge in [-0.15, -0.1) is 0 Å². The molecule has 1 aromatic heterocycles. The molecule has 1 amide bonds. The van der Waals surface area contributed by atoms with E-state index in [-0.39, 0.29) is 17.6 Å². The first-order valence-corrected chi connectivity index (χ1v) is 11.2. The molecule has 1 aliphatic carbocycles. The summed E-state index contributed by atoms with van der Waals surface area (Å²) in [4.78, 5) is 21.2. The number of amides is 1. The number of aromatic nitrogens is 2. The van der Waals surface area contributed by atoms with Crippen molar-refractivity contribution in [2.75, 3.05) is 19.0 Å². The van der Waals surface area contributed by atoms with Gasteiger partial charge < -0.3 is 24.8 Å². The molecule has 8 heteroatoms. The van der Waals surface area contributed by atoms with E-state index in [0.717, 1.165) is 22.7 Å². The minimum atomic E-state index is -0.984. The molecule has 0 saturated heterocycles. The average Bonchev–Trinajstić information content (AvgIpc) is 2.78. The fraction of sp³-hybridized carbons (Fsp3) is 0.346. The van der Waals surface area contributed by atoms with Crippen molar-refractivity contribution >= 4 is 11.9 Å². The zero-order chi connectivity index (χ0) is 24.3. The Labute approximate surface area is 199 Å². The Morgan fingerprint density at radius 1 is 0.971 bits per heavy atom. The second kappa shape index (κ2) is 9.59. The van der Waals surface area contributed by atoms with Gasteiger partial charge in [0.05, 0.1) is 12.4 Å². The van der Waals surface area contributed by atoms with E-state index in [1.165, 1.54) is 0 Å². The van der Waals surface area contributed by atoms with Gasteiger partial charge in [0.1, 0.15) is 23.4 Å². The standard InChI is InChI=1S/C26H30N4O4/c1-26(2,17-5-9-20(10-6-17)33-22-13-19(14-22)29-25(31)32)18-7-11-21(12-8-18)34-24-16-27-23(15-28-24)30(3)4/h5-12,15-16,19,22,29H,13-14H2,1-4H3,(H,31,32). The van der Waals surface area contributed by atoms with Gasteiger partial charge in [-0.1, -0.05) is 38.1 Å². The molecule has 0 unspecified atom stereocenters. The maximum atomic E-state index is 10.7. The predicted molar refractivity (Wildman–Crippen MR) is 130 cm³/mol. The van der Waals surface area contributed by atoms with E-state index in [4.69, 9.17) is 14.6 Å². The van der Waals surface area contributed by atoms with Crippen molar-refractivity contribution in [3.8, 4) is 17.4 Å². The van der Waals surface area contributed by atoms with Crippen LogP contribution in [0.15, 0.2) is 60.9 Å². The lowest BCUT2D eigenvalue weighted by Gasteiger charge is -2.35. The van der Waals surface area contributed by atoms with Gasteiger partial charge >= 0.3 is 6.09 Å². The van der Waals surface area contributed by atoms with Crippen LogP contribution in [0.5, 0.6) is 17.4 Å². The summed E-state index contributed by atoms with van der Waals surface area (Å²) in [6, 6.07) is 16.1. The Kier molecular flexibility index (Phi) is 6.58. The number of nitrogens with one attached hydrogen (secondary N) is 1. The van der Waals surface area contributed by atoms with E-state index >= 15 is 0 Å². The molecule has 0 atom stereocenters. The largest absolute Gasteiger partial charge is 0.490 e. The lowest BCUT2D eigenvalue weighted by molar-refractivity contribution is 0.0833. The monoisotopic (exact) mass is 462 g/mol. The van der Waals surface area contributed by atoms with Crippen molar-refractivity contribution in [3.05, 3.63) is 72.1 Å². The number of hydrogen-bond donors (Lipinski definition) is 2. The van der Waals surface area contributed by atoms with Crippen LogP contribution in [0.25, 0.3) is 0 Å². The van der Waals surface area contributed by atoms with Crippen LogP contribution < -0.4 is 19.7 Å². The fourth-order valence-corrected chi connectivity index (χ4v) is 3.92. The molecule has 8 nitrogen and oxygen atoms in total. The summed E-state index contributed by atoms with van der Waals surface area (Å²) >= 11 is 0. The number of ether oxygens (including phenoxy) is 2. The Bertz CT molecular complexity index is 1110. The molecule has 1 heterocycles. The van der Waals surface area contributed by atoms with Crippen LogP contribution in [-0.4, -0.2) is 47.4 Å². The molecule has 1 fully saturated rings. The van der Waals surface area contributed by atoms with Crippen LogP contribution in [0.1, 0.15) is 37.8 Å². The van der Waals surface area contributed by atoms with Crippen molar-refractivity contribution < 1.29 is 19.4 Å². The summed E-state index contributed by atoms with van der Waals surface area (Å²) in [6.45, 7) is 4.36. The van der Waals surface area contributed by atoms with Crippen LogP contribution in [-0.2, 0) is 5.41 Å². The van der Waals surface area contributed by atoms with Gasteiger partial charge in [-0.2, -0.15) is 0 Å². The van der Waals surface area contributed by atoms with Crippen molar-refractivity contribution in [2.24, 2.45) is 0 Å². The number of rotatable bonds is 8. The molecule has 1 aliphatic rings. The van der Waals surface area contributed by atoms with Crippen molar-refractivity contribution in [1.29, 1.82) is 0 Å². The summed E-state index contributed by atoms with van der Waals surface area (Å²) in [7, 11) is 3.83. The third-order valence-electron chi connectivity index (χ3n) is 6.17. The minimum absolute atomic E-state index is 0.0166. The Morgan fingerprint density at radius 3 is 2.06 bits per heavy atom. The van der Waals surface area contributed by atoms with Crippen LogP contribution >= 0.6 is 0 Å². The third-order valence-corrected chi connectivity index (χ3v) is 6.17. The highest BCUT2D eigenvalue weighted by atomic mass is 16.5. The van der Waals surface area contributed by atoms with Crippen molar-refractivity contribution in [2.45, 2.75) is 44.2 Å². The first-order chi connectivity index (χ1) is 16.2. The molecular formula is C26H30N4O4. The molecule has 3 aromatic rings. The van der Waals surface area contributed by atoms with Gasteiger partial charge in [-0.25, -0.2) is 14.8 Å². The van der Waals surface area contributed by atoms with Crippen LogP contribution in [0.3, 0.4) is 0 Å². The van der Waals surface area contributed by atoms with Crippen LogP contribution in [0, 0.1) is 0 Å². The maximum absolute atomic E-state index is 10.7. The Balaban J connectivity index is 1.36. The van der Waals surface area contributed by atoms with Crippen molar-refractivity contribution in [1.82, 2.24) is 15.3 Å². The quantitative estimate of drug-likeness (QED) is 0.494. The number of benzene rings is 2. The third kappa shape index (κ3) is 5.39. The normalized spacial score (nSPS) is 17.4. The highest BCUT2D eigenvalue weighted by Gasteiger charge is 2.32. The molecule has 0 aliphatic heterocycles. The zero-order valence-corrected chi connectivity index (χ0v) is 19.9. The molecule has 178 valence electrons. The van der Waals surface area contributed by atoms with E-state index in [9.17, 15) is 4.79 Å². The van der Waals surface area contributed by atoms with E-state index in [1.807, 2.05) is 43.3 Å². The molecule has 34 heavy (non-hydrogen) atoms. The van der Waals surface area contributed by atoms with Gasteiger partial charge in [0.2, 0.25) is 5.88 Å². The van der Waals surface area contributed by atoms with E-state index in [0.29, 0.717) is 24.5 Å². The van der Waals surface area contributed by atoms with Crippen molar-refractivity contribution in [3.63, 3.8) is 0 Å². The summed E-state index contributed by atoms with van der Waals surface area (Å²) in [5.74, 6) is 2.72. The molecule has 1 saturated carbocycles. The molecule has 0 bridgehead atoms. The highest BCUT2D eigenvalue weighted by molar-refractivity contribution is 5.65. The number of hydrogen-bond acceptors (Lipinski definition) is 6. The Hall–Kier alpha value is -3.81. The average molecular weight is 463 g/mol. The minimum Gasteiger partial charge on any atom is -0.490 e. The maximum Gasteiger partial charge on any atom is 0.404 e. The first-order valence-electron chi connectivity index (χ1n) is 11.2. The summed E-state index contributed by atoms with van der Waals surface area (Å²) in [5.41, 5.74) is 2.11. The summed E-state index contributed by atoms with van der Waals surface area (Å²) in [6.07, 6.45) is 3.74. The molecule has 0 radical (unpaired) electrons. The fourth-order valence-electron chi connectivity index (χ4n) is 3.92. The number of carbonyl (C=O) groups is 1. The van der Waals surface area contributed by atoms with E-state index in [2.05, 4.69) is 53.4 Å². The molecule has 2 N–H and O–H groups in total. The van der Waals surface area contributed by atoms with Gasteiger partial charge in [-0.3, -0.25) is 0 Å². The number of nitrogens with zero attached hydrogens (tertiary/aromatic N) is 3. The second-order valence-corrected chi connectivity index (χ2v) is 9.24. The van der Waals surface area contributed by atoms with Crippen LogP contribution in [0.2, 0.25) is 0 Å². The molecular weight excluding hydrogens is 432 g/mol. The lowest BCUT2D eigenvalue weighted by atomic mass is 9.78. The zero-order valence-electron chi connectivity index (χ0n) is 19.9. The SMILES string of the molecule is CN(C)c1cnc(Oc2ccc(C(C)(C)c3ccc(OC4CC(NC(=O)O)C4)cc3)cc2)cn1. The number of carboxylic acid groups (broad SMARTS) is 1. The summed E-state index contributed by atoms with van der Waals surface area (Å²) in [5, 5.41) is 11.3. The van der Waals surface area contributed by atoms with Gasteiger partial charge in [-0.05, 0) is 35.4 Å². The highest BCUT2D eigenvalue weighted by Crippen LogP contribution is 2.34. The molecule has 2 aromatic carbocycles. The smallest absolute Gasteiger partial charge is 0.404 e. The number of anilines is 1. The van der Waals surface area contributed by atoms with Gasteiger partial charge in [0.25, 0.3) is 0 Å². The lowest BCUT2D eigenvalue weighted by Crippen LogP contribution is -2.48. The molecule has 0 spiro atoms. The van der Waals surface area contributed by atoms with Crippen LogP contribution in [0.4, 0.5) is 10.6 Å². The summed E-state index contributed by atoms with van der Waals surface area (Å²) < 4.78 is 11.8.